The summed E-state index contributed by atoms with van der Waals surface area (Å²) in [6.07, 6.45) is -0.269. The smallest absolute Gasteiger partial charge is 0.345 e. The van der Waals surface area contributed by atoms with Crippen molar-refractivity contribution in [3.63, 3.8) is 0 Å². The van der Waals surface area contributed by atoms with Crippen LogP contribution in [0.2, 0.25) is 0 Å². The molecule has 2 aromatic rings. The quantitative estimate of drug-likeness (QED) is 0.395. The Morgan fingerprint density at radius 3 is 2.74 bits per heavy atom. The summed E-state index contributed by atoms with van der Waals surface area (Å²) in [6, 6.07) is 2.58. The largest absolute Gasteiger partial charge is 0.419 e. The highest BCUT2D eigenvalue weighted by Gasteiger charge is 2.20. The molecule has 0 radical (unpaired) electrons. The van der Waals surface area contributed by atoms with Gasteiger partial charge in [-0.2, -0.15) is 4.98 Å². The van der Waals surface area contributed by atoms with E-state index in [2.05, 4.69) is 9.97 Å². The van der Waals surface area contributed by atoms with Crippen LogP contribution in [-0.4, -0.2) is 20.9 Å². The number of H-pyrrole nitrogens is 1. The number of halogens is 1. The minimum Gasteiger partial charge on any atom is -0.419 e. The number of nitro groups is 1. The van der Waals surface area contributed by atoms with Crippen molar-refractivity contribution < 1.29 is 18.8 Å². The third kappa shape index (κ3) is 3.76. The molecule has 0 aliphatic carbocycles. The second-order valence-corrected chi connectivity index (χ2v) is 4.75. The maximum Gasteiger partial charge on any atom is 0.345 e. The number of nitro benzene ring substituents is 1. The van der Waals surface area contributed by atoms with Gasteiger partial charge in [0.2, 0.25) is 5.75 Å². The fourth-order valence-electron chi connectivity index (χ4n) is 2.04. The van der Waals surface area contributed by atoms with Crippen LogP contribution in [0.25, 0.3) is 0 Å². The number of carbonyl (C=O) groups excluding carboxylic acids is 1. The summed E-state index contributed by atoms with van der Waals surface area (Å²) in [5.74, 6) is -2.08. The van der Waals surface area contributed by atoms with Gasteiger partial charge in [0.25, 0.3) is 0 Å². The van der Waals surface area contributed by atoms with Gasteiger partial charge in [-0.1, -0.05) is 0 Å². The second-order valence-electron chi connectivity index (χ2n) is 4.75. The molecule has 1 aromatic carbocycles. The highest BCUT2D eigenvalue weighted by molar-refractivity contribution is 5.76. The number of esters is 1. The van der Waals surface area contributed by atoms with Crippen LogP contribution >= 0.6 is 0 Å². The predicted molar refractivity (Wildman–Crippen MR) is 76.7 cm³/mol. The zero-order valence-corrected chi connectivity index (χ0v) is 12.3. The monoisotopic (exact) mass is 321 g/mol. The van der Waals surface area contributed by atoms with Crippen LogP contribution in [0, 0.1) is 29.8 Å². The van der Waals surface area contributed by atoms with Gasteiger partial charge in [0.15, 0.2) is 0 Å². The molecule has 2 rings (SSSR count). The Kier molecular flexibility index (Phi) is 4.49. The average molecular weight is 321 g/mol. The van der Waals surface area contributed by atoms with Crippen LogP contribution in [0.1, 0.15) is 17.0 Å². The number of aromatic amines is 1. The van der Waals surface area contributed by atoms with Gasteiger partial charge in [0.1, 0.15) is 5.82 Å². The van der Waals surface area contributed by atoms with Crippen LogP contribution < -0.4 is 10.4 Å². The number of carbonyl (C=O) groups is 1. The van der Waals surface area contributed by atoms with Gasteiger partial charge in [-0.05, 0) is 19.9 Å². The molecule has 0 bridgehead atoms. The van der Waals surface area contributed by atoms with Crippen LogP contribution in [0.5, 0.6) is 5.75 Å². The summed E-state index contributed by atoms with van der Waals surface area (Å²) in [5.41, 5.74) is 0.157. The number of rotatable bonds is 4. The second kappa shape index (κ2) is 6.34. The molecule has 120 valence electrons. The first-order valence-corrected chi connectivity index (χ1v) is 6.49. The minimum absolute atomic E-state index is 0.269. The van der Waals surface area contributed by atoms with E-state index in [0.717, 1.165) is 18.2 Å². The number of ether oxygens (including phenoxy) is 1. The maximum atomic E-state index is 13.2. The van der Waals surface area contributed by atoms with E-state index in [4.69, 9.17) is 4.74 Å². The molecule has 9 heteroatoms. The number of hydrogen-bond acceptors (Lipinski definition) is 6. The first-order chi connectivity index (χ1) is 10.8. The Labute approximate surface area is 129 Å². The fourth-order valence-corrected chi connectivity index (χ4v) is 2.04. The molecule has 0 amide bonds. The lowest BCUT2D eigenvalue weighted by Gasteiger charge is -2.08. The molecule has 23 heavy (non-hydrogen) atoms. The van der Waals surface area contributed by atoms with Gasteiger partial charge in [0.05, 0.1) is 11.3 Å². The first kappa shape index (κ1) is 16.3. The Bertz CT molecular complexity index is 821. The van der Waals surface area contributed by atoms with E-state index >= 15 is 0 Å². The average Bonchev–Trinajstić information content (AvgIpc) is 2.42. The summed E-state index contributed by atoms with van der Waals surface area (Å²) in [7, 11) is 0. The fraction of sp³-hybridized carbons (Fsp3) is 0.214. The third-order valence-electron chi connectivity index (χ3n) is 3.12. The molecule has 1 heterocycles. The molecule has 0 saturated carbocycles. The Morgan fingerprint density at radius 2 is 2.13 bits per heavy atom. The van der Waals surface area contributed by atoms with Crippen molar-refractivity contribution >= 4 is 11.7 Å². The summed E-state index contributed by atoms with van der Waals surface area (Å²) < 4.78 is 18.1. The van der Waals surface area contributed by atoms with Crippen molar-refractivity contribution in [2.45, 2.75) is 20.3 Å². The van der Waals surface area contributed by atoms with Gasteiger partial charge >= 0.3 is 17.3 Å². The highest BCUT2D eigenvalue weighted by atomic mass is 19.1. The molecule has 0 spiro atoms. The molecule has 0 fully saturated rings. The highest BCUT2D eigenvalue weighted by Crippen LogP contribution is 2.27. The third-order valence-corrected chi connectivity index (χ3v) is 3.12. The molecular formula is C14H12FN3O5. The number of nitrogens with zero attached hydrogens (tertiary/aromatic N) is 2. The van der Waals surface area contributed by atoms with Crippen LogP contribution in [-0.2, 0) is 11.2 Å². The predicted octanol–water partition coefficient (Wildman–Crippen LogP) is 1.58. The molecular weight excluding hydrogens is 309 g/mol. The Morgan fingerprint density at radius 1 is 1.43 bits per heavy atom. The summed E-state index contributed by atoms with van der Waals surface area (Å²) in [6.45, 7) is 3.14. The van der Waals surface area contributed by atoms with Crippen molar-refractivity contribution in [3.05, 3.63) is 61.6 Å². The number of aryl methyl sites for hydroxylation is 2. The van der Waals surface area contributed by atoms with E-state index < -0.39 is 33.8 Å². The van der Waals surface area contributed by atoms with Crippen molar-refractivity contribution in [3.8, 4) is 5.75 Å². The summed E-state index contributed by atoms with van der Waals surface area (Å²) in [5, 5.41) is 10.9. The number of aromatic nitrogens is 2. The van der Waals surface area contributed by atoms with Crippen molar-refractivity contribution in [2.75, 3.05) is 0 Å². The van der Waals surface area contributed by atoms with E-state index in [1.165, 1.54) is 0 Å². The first-order valence-electron chi connectivity index (χ1n) is 6.49. The van der Waals surface area contributed by atoms with Gasteiger partial charge in [0, 0.05) is 29.1 Å². The normalized spacial score (nSPS) is 10.4. The molecule has 0 atom stereocenters. The van der Waals surface area contributed by atoms with E-state index in [9.17, 15) is 24.1 Å². The molecule has 0 aliphatic heterocycles. The molecule has 0 saturated heterocycles. The van der Waals surface area contributed by atoms with E-state index in [1.54, 1.807) is 13.8 Å². The van der Waals surface area contributed by atoms with Crippen molar-refractivity contribution in [1.29, 1.82) is 0 Å². The van der Waals surface area contributed by atoms with Crippen LogP contribution in [0.15, 0.2) is 23.0 Å². The SMILES string of the molecule is Cc1nc(=O)[nH]c(C)c1CC(=O)Oc1cc(F)ccc1[N+](=O)[O-]. The van der Waals surface area contributed by atoms with Gasteiger partial charge < -0.3 is 9.72 Å². The van der Waals surface area contributed by atoms with Gasteiger partial charge in [-0.15, -0.1) is 0 Å². The van der Waals surface area contributed by atoms with Gasteiger partial charge in [-0.3, -0.25) is 14.9 Å². The standard InChI is InChI=1S/C14H12FN3O5/c1-7-10(8(2)17-14(20)16-7)6-13(19)23-12-5-9(15)3-4-11(12)18(21)22/h3-5H,6H2,1-2H3,(H,16,17,20). The Balaban J connectivity index is 2.26. The lowest BCUT2D eigenvalue weighted by Crippen LogP contribution is -2.20. The maximum absolute atomic E-state index is 13.2. The van der Waals surface area contributed by atoms with Crippen molar-refractivity contribution in [2.24, 2.45) is 0 Å². The lowest BCUT2D eigenvalue weighted by molar-refractivity contribution is -0.385. The Hall–Kier alpha value is -3.10. The zero-order chi connectivity index (χ0) is 17.1. The number of nitrogens with one attached hydrogen (secondary N) is 1. The molecule has 1 aromatic heterocycles. The summed E-state index contributed by atoms with van der Waals surface area (Å²) >= 11 is 0. The topological polar surface area (TPSA) is 115 Å². The lowest BCUT2D eigenvalue weighted by atomic mass is 10.1. The number of benzene rings is 1. The zero-order valence-electron chi connectivity index (χ0n) is 12.3. The van der Waals surface area contributed by atoms with E-state index in [-0.39, 0.29) is 6.42 Å². The van der Waals surface area contributed by atoms with Crippen molar-refractivity contribution in [1.82, 2.24) is 9.97 Å². The van der Waals surface area contributed by atoms with Gasteiger partial charge in [-0.25, -0.2) is 9.18 Å². The summed E-state index contributed by atoms with van der Waals surface area (Å²) in [4.78, 5) is 39.4. The molecule has 0 unspecified atom stereocenters. The van der Waals surface area contributed by atoms with E-state index in [0.29, 0.717) is 17.0 Å². The molecule has 0 aliphatic rings. The van der Waals surface area contributed by atoms with Crippen LogP contribution in [0.3, 0.4) is 0 Å². The molecule has 8 nitrogen and oxygen atoms in total. The minimum atomic E-state index is -0.834. The molecule has 1 N–H and O–H groups in total. The van der Waals surface area contributed by atoms with Crippen LogP contribution in [0.4, 0.5) is 10.1 Å². The van der Waals surface area contributed by atoms with E-state index in [1.807, 2.05) is 0 Å². The number of hydrogen-bond donors (Lipinski definition) is 1.